The standard InChI is InChI=1S/C12H17N5/c1-3-4-10-5-7-11(8-6-10)17-12(9(2)13)14-15-16-17/h5-9H,3-4,13H2,1-2H3. The zero-order chi connectivity index (χ0) is 12.3. The van der Waals surface area contributed by atoms with Gasteiger partial charge in [0.25, 0.3) is 0 Å². The van der Waals surface area contributed by atoms with Crippen LogP contribution in [0.5, 0.6) is 0 Å². The Bertz CT molecular complexity index is 472. The molecule has 1 heterocycles. The van der Waals surface area contributed by atoms with Gasteiger partial charge in [0.15, 0.2) is 5.82 Å². The molecule has 0 radical (unpaired) electrons. The maximum Gasteiger partial charge on any atom is 0.173 e. The Hall–Kier alpha value is -1.75. The van der Waals surface area contributed by atoms with E-state index in [9.17, 15) is 0 Å². The van der Waals surface area contributed by atoms with E-state index >= 15 is 0 Å². The van der Waals surface area contributed by atoms with Gasteiger partial charge in [-0.3, -0.25) is 0 Å². The van der Waals surface area contributed by atoms with Crippen molar-refractivity contribution in [1.29, 1.82) is 0 Å². The van der Waals surface area contributed by atoms with Crippen LogP contribution in [0.1, 0.15) is 37.7 Å². The van der Waals surface area contributed by atoms with Crippen LogP contribution in [-0.2, 0) is 6.42 Å². The minimum Gasteiger partial charge on any atom is -0.321 e. The van der Waals surface area contributed by atoms with Gasteiger partial charge in [-0.25, -0.2) is 0 Å². The van der Waals surface area contributed by atoms with E-state index in [0.717, 1.165) is 18.5 Å². The van der Waals surface area contributed by atoms with Gasteiger partial charge in [-0.05, 0) is 41.5 Å². The summed E-state index contributed by atoms with van der Waals surface area (Å²) in [6, 6.07) is 8.07. The molecule has 0 aliphatic rings. The number of hydrogen-bond acceptors (Lipinski definition) is 4. The summed E-state index contributed by atoms with van der Waals surface area (Å²) in [6.45, 7) is 4.04. The highest BCUT2D eigenvalue weighted by molar-refractivity contribution is 5.34. The number of nitrogens with zero attached hydrogens (tertiary/aromatic N) is 4. The Morgan fingerprint density at radius 1 is 1.29 bits per heavy atom. The molecule has 2 rings (SSSR count). The maximum absolute atomic E-state index is 5.81. The summed E-state index contributed by atoms with van der Waals surface area (Å²) < 4.78 is 1.68. The molecule has 0 aliphatic carbocycles. The lowest BCUT2D eigenvalue weighted by molar-refractivity contribution is 0.688. The van der Waals surface area contributed by atoms with Gasteiger partial charge >= 0.3 is 0 Å². The van der Waals surface area contributed by atoms with Crippen molar-refractivity contribution in [3.8, 4) is 5.69 Å². The smallest absolute Gasteiger partial charge is 0.173 e. The van der Waals surface area contributed by atoms with Gasteiger partial charge in [0, 0.05) is 0 Å². The molecule has 17 heavy (non-hydrogen) atoms. The molecular formula is C12H17N5. The molecule has 1 unspecified atom stereocenters. The van der Waals surface area contributed by atoms with Crippen LogP contribution in [0, 0.1) is 0 Å². The SMILES string of the molecule is CCCc1ccc(-n2nnnc2C(C)N)cc1. The van der Waals surface area contributed by atoms with E-state index in [-0.39, 0.29) is 6.04 Å². The lowest BCUT2D eigenvalue weighted by Crippen LogP contribution is -2.13. The minimum absolute atomic E-state index is 0.180. The predicted octanol–water partition coefficient (Wildman–Crippen LogP) is 1.63. The number of aromatic nitrogens is 4. The van der Waals surface area contributed by atoms with Gasteiger partial charge in [0.1, 0.15) is 0 Å². The molecule has 0 spiro atoms. The second-order valence-electron chi connectivity index (χ2n) is 4.15. The first-order valence-electron chi connectivity index (χ1n) is 5.85. The van der Waals surface area contributed by atoms with Gasteiger partial charge in [-0.15, -0.1) is 5.10 Å². The second kappa shape index (κ2) is 5.05. The molecule has 2 aromatic rings. The summed E-state index contributed by atoms with van der Waals surface area (Å²) >= 11 is 0. The van der Waals surface area contributed by atoms with E-state index < -0.39 is 0 Å². The van der Waals surface area contributed by atoms with Gasteiger partial charge in [0.2, 0.25) is 0 Å². The lowest BCUT2D eigenvalue weighted by atomic mass is 10.1. The van der Waals surface area contributed by atoms with Crippen molar-refractivity contribution in [3.05, 3.63) is 35.7 Å². The number of tetrazole rings is 1. The molecular weight excluding hydrogens is 214 g/mol. The molecule has 5 nitrogen and oxygen atoms in total. The summed E-state index contributed by atoms with van der Waals surface area (Å²) in [5.74, 6) is 0.674. The Labute approximate surface area is 101 Å². The molecule has 1 aromatic carbocycles. The molecule has 5 heteroatoms. The van der Waals surface area contributed by atoms with Gasteiger partial charge < -0.3 is 5.73 Å². The summed E-state index contributed by atoms with van der Waals surface area (Å²) in [4.78, 5) is 0. The highest BCUT2D eigenvalue weighted by Crippen LogP contribution is 2.13. The van der Waals surface area contributed by atoms with Crippen molar-refractivity contribution >= 4 is 0 Å². The Morgan fingerprint density at radius 3 is 2.59 bits per heavy atom. The van der Waals surface area contributed by atoms with E-state index in [1.807, 2.05) is 19.1 Å². The number of nitrogens with two attached hydrogens (primary N) is 1. The highest BCUT2D eigenvalue weighted by atomic mass is 15.5. The summed E-state index contributed by atoms with van der Waals surface area (Å²) in [5.41, 5.74) is 8.08. The molecule has 0 fully saturated rings. The summed E-state index contributed by atoms with van der Waals surface area (Å²) in [7, 11) is 0. The quantitative estimate of drug-likeness (QED) is 0.868. The van der Waals surface area contributed by atoms with Crippen molar-refractivity contribution in [1.82, 2.24) is 20.2 Å². The fourth-order valence-electron chi connectivity index (χ4n) is 1.75. The third-order valence-electron chi connectivity index (χ3n) is 2.62. The maximum atomic E-state index is 5.81. The molecule has 1 aromatic heterocycles. The van der Waals surface area contributed by atoms with Crippen LogP contribution in [0.3, 0.4) is 0 Å². The van der Waals surface area contributed by atoms with E-state index in [1.54, 1.807) is 4.68 Å². The van der Waals surface area contributed by atoms with Crippen molar-refractivity contribution in [3.63, 3.8) is 0 Å². The first kappa shape index (κ1) is 11.7. The topological polar surface area (TPSA) is 69.6 Å². The second-order valence-corrected chi connectivity index (χ2v) is 4.15. The molecule has 1 atom stereocenters. The zero-order valence-electron chi connectivity index (χ0n) is 10.2. The number of benzene rings is 1. The average Bonchev–Trinajstić information content (AvgIpc) is 2.79. The highest BCUT2D eigenvalue weighted by Gasteiger charge is 2.11. The van der Waals surface area contributed by atoms with Crippen molar-refractivity contribution in [2.45, 2.75) is 32.7 Å². The Balaban J connectivity index is 2.30. The van der Waals surface area contributed by atoms with Crippen molar-refractivity contribution in [2.24, 2.45) is 5.73 Å². The van der Waals surface area contributed by atoms with Crippen LogP contribution in [0.4, 0.5) is 0 Å². The van der Waals surface area contributed by atoms with Gasteiger partial charge in [-0.2, -0.15) is 4.68 Å². The molecule has 2 N–H and O–H groups in total. The minimum atomic E-state index is -0.180. The predicted molar refractivity (Wildman–Crippen MR) is 65.8 cm³/mol. The monoisotopic (exact) mass is 231 g/mol. The van der Waals surface area contributed by atoms with Crippen LogP contribution in [0.15, 0.2) is 24.3 Å². The number of rotatable bonds is 4. The van der Waals surface area contributed by atoms with E-state index in [0.29, 0.717) is 5.82 Å². The van der Waals surface area contributed by atoms with Crippen LogP contribution in [-0.4, -0.2) is 20.2 Å². The van der Waals surface area contributed by atoms with Crippen molar-refractivity contribution < 1.29 is 0 Å². The van der Waals surface area contributed by atoms with E-state index in [1.165, 1.54) is 5.56 Å². The molecule has 90 valence electrons. The molecule has 0 saturated carbocycles. The van der Waals surface area contributed by atoms with E-state index in [4.69, 9.17) is 5.73 Å². The third kappa shape index (κ3) is 2.50. The number of aryl methyl sites for hydroxylation is 1. The van der Waals surface area contributed by atoms with E-state index in [2.05, 4.69) is 34.6 Å². The lowest BCUT2D eigenvalue weighted by Gasteiger charge is -2.07. The Kier molecular flexibility index (Phi) is 3.49. The molecule has 0 saturated heterocycles. The van der Waals surface area contributed by atoms with Crippen LogP contribution >= 0.6 is 0 Å². The van der Waals surface area contributed by atoms with Crippen molar-refractivity contribution in [2.75, 3.05) is 0 Å². The van der Waals surface area contributed by atoms with Crippen LogP contribution in [0.2, 0.25) is 0 Å². The number of hydrogen-bond donors (Lipinski definition) is 1. The molecule has 0 amide bonds. The first-order chi connectivity index (χ1) is 8.22. The molecule has 0 bridgehead atoms. The Morgan fingerprint density at radius 2 is 2.00 bits per heavy atom. The first-order valence-corrected chi connectivity index (χ1v) is 5.85. The fraction of sp³-hybridized carbons (Fsp3) is 0.417. The molecule has 0 aliphatic heterocycles. The largest absolute Gasteiger partial charge is 0.321 e. The summed E-state index contributed by atoms with van der Waals surface area (Å²) in [6.07, 6.45) is 2.24. The van der Waals surface area contributed by atoms with Crippen LogP contribution in [0.25, 0.3) is 5.69 Å². The third-order valence-corrected chi connectivity index (χ3v) is 2.62. The summed E-state index contributed by atoms with van der Waals surface area (Å²) in [5, 5.41) is 11.5. The average molecular weight is 231 g/mol. The fourth-order valence-corrected chi connectivity index (χ4v) is 1.75. The van der Waals surface area contributed by atoms with Gasteiger partial charge in [-0.1, -0.05) is 25.5 Å². The van der Waals surface area contributed by atoms with Crippen LogP contribution < -0.4 is 5.73 Å². The zero-order valence-corrected chi connectivity index (χ0v) is 10.2. The van der Waals surface area contributed by atoms with Gasteiger partial charge in [0.05, 0.1) is 11.7 Å². The normalized spacial score (nSPS) is 12.6.